The van der Waals surface area contributed by atoms with E-state index in [1.165, 1.54) is 32.1 Å². The summed E-state index contributed by atoms with van der Waals surface area (Å²) in [6.07, 6.45) is 7.33. The SMILES string of the molecule is CCC(NC1CCCC(C)CC1)c1ccccc1F. The summed E-state index contributed by atoms with van der Waals surface area (Å²) in [7, 11) is 0. The second kappa shape index (κ2) is 7.04. The van der Waals surface area contributed by atoms with Crippen LogP contribution >= 0.6 is 0 Å². The van der Waals surface area contributed by atoms with Crippen molar-refractivity contribution < 1.29 is 4.39 Å². The molecule has 1 aromatic carbocycles. The molecule has 0 aliphatic heterocycles. The van der Waals surface area contributed by atoms with Crippen LogP contribution in [-0.2, 0) is 0 Å². The van der Waals surface area contributed by atoms with Crippen LogP contribution < -0.4 is 5.32 Å². The van der Waals surface area contributed by atoms with Gasteiger partial charge in [0.1, 0.15) is 5.82 Å². The van der Waals surface area contributed by atoms with Crippen LogP contribution in [0.5, 0.6) is 0 Å². The molecule has 1 N–H and O–H groups in total. The quantitative estimate of drug-likeness (QED) is 0.767. The standard InChI is InChI=1S/C17H26FN/c1-3-17(15-9-4-5-10-16(15)18)19-14-8-6-7-13(2)11-12-14/h4-5,9-10,13-14,17,19H,3,6-8,11-12H2,1-2H3. The molecule has 1 nitrogen and oxygen atoms in total. The van der Waals surface area contributed by atoms with Gasteiger partial charge in [-0.2, -0.15) is 0 Å². The topological polar surface area (TPSA) is 12.0 Å². The van der Waals surface area contributed by atoms with E-state index in [1.54, 1.807) is 12.1 Å². The van der Waals surface area contributed by atoms with Gasteiger partial charge >= 0.3 is 0 Å². The van der Waals surface area contributed by atoms with Gasteiger partial charge < -0.3 is 5.32 Å². The first-order valence-electron chi connectivity index (χ1n) is 7.71. The van der Waals surface area contributed by atoms with Crippen molar-refractivity contribution >= 4 is 0 Å². The molecule has 0 heterocycles. The lowest BCUT2D eigenvalue weighted by Crippen LogP contribution is -2.32. The van der Waals surface area contributed by atoms with Crippen molar-refractivity contribution in [1.29, 1.82) is 0 Å². The second-order valence-corrected chi connectivity index (χ2v) is 5.96. The Morgan fingerprint density at radius 3 is 2.74 bits per heavy atom. The molecular weight excluding hydrogens is 237 g/mol. The van der Waals surface area contributed by atoms with E-state index in [0.717, 1.165) is 17.9 Å². The Morgan fingerprint density at radius 1 is 1.21 bits per heavy atom. The molecule has 3 atom stereocenters. The molecule has 2 rings (SSSR count). The Bertz CT molecular complexity index is 391. The van der Waals surface area contributed by atoms with Gasteiger partial charge in [-0.3, -0.25) is 0 Å². The van der Waals surface area contributed by atoms with Crippen molar-refractivity contribution in [2.75, 3.05) is 0 Å². The van der Waals surface area contributed by atoms with E-state index < -0.39 is 0 Å². The third kappa shape index (κ3) is 4.04. The van der Waals surface area contributed by atoms with Crippen molar-refractivity contribution in [3.8, 4) is 0 Å². The zero-order valence-electron chi connectivity index (χ0n) is 12.2. The normalized spacial score (nSPS) is 25.8. The van der Waals surface area contributed by atoms with Gasteiger partial charge in [-0.05, 0) is 37.7 Å². The maximum Gasteiger partial charge on any atom is 0.127 e. The largest absolute Gasteiger partial charge is 0.307 e. The highest BCUT2D eigenvalue weighted by Crippen LogP contribution is 2.26. The first-order chi connectivity index (χ1) is 9.20. The van der Waals surface area contributed by atoms with Gasteiger partial charge in [0, 0.05) is 17.6 Å². The smallest absolute Gasteiger partial charge is 0.127 e. The van der Waals surface area contributed by atoms with Crippen LogP contribution in [-0.4, -0.2) is 6.04 Å². The van der Waals surface area contributed by atoms with Crippen molar-refractivity contribution in [2.24, 2.45) is 5.92 Å². The average molecular weight is 263 g/mol. The van der Waals surface area contributed by atoms with E-state index in [4.69, 9.17) is 0 Å². The van der Waals surface area contributed by atoms with Crippen LogP contribution in [0.1, 0.15) is 64.0 Å². The predicted octanol–water partition coefficient (Wildman–Crippen LogP) is 4.84. The minimum absolute atomic E-state index is 0.0798. The van der Waals surface area contributed by atoms with E-state index in [9.17, 15) is 4.39 Å². The zero-order valence-corrected chi connectivity index (χ0v) is 12.2. The molecule has 3 unspecified atom stereocenters. The first-order valence-corrected chi connectivity index (χ1v) is 7.71. The van der Waals surface area contributed by atoms with Gasteiger partial charge in [0.25, 0.3) is 0 Å². The van der Waals surface area contributed by atoms with Crippen molar-refractivity contribution in [2.45, 2.75) is 64.5 Å². The van der Waals surface area contributed by atoms with Crippen LogP contribution in [0.15, 0.2) is 24.3 Å². The van der Waals surface area contributed by atoms with Crippen LogP contribution in [0, 0.1) is 11.7 Å². The van der Waals surface area contributed by atoms with Gasteiger partial charge in [0.05, 0.1) is 0 Å². The first kappa shape index (κ1) is 14.5. The summed E-state index contributed by atoms with van der Waals surface area (Å²) < 4.78 is 13.9. The summed E-state index contributed by atoms with van der Waals surface area (Å²) in [5, 5.41) is 3.68. The van der Waals surface area contributed by atoms with Gasteiger partial charge in [-0.1, -0.05) is 44.9 Å². The molecule has 0 saturated heterocycles. The molecule has 19 heavy (non-hydrogen) atoms. The predicted molar refractivity (Wildman–Crippen MR) is 78.6 cm³/mol. The fourth-order valence-corrected chi connectivity index (χ4v) is 3.12. The van der Waals surface area contributed by atoms with Crippen LogP contribution in [0.25, 0.3) is 0 Å². The van der Waals surface area contributed by atoms with Gasteiger partial charge in [-0.15, -0.1) is 0 Å². The van der Waals surface area contributed by atoms with Crippen molar-refractivity contribution in [3.05, 3.63) is 35.6 Å². The van der Waals surface area contributed by atoms with E-state index in [0.29, 0.717) is 6.04 Å². The van der Waals surface area contributed by atoms with E-state index >= 15 is 0 Å². The molecule has 1 saturated carbocycles. The molecular formula is C17H26FN. The molecule has 106 valence electrons. The Morgan fingerprint density at radius 2 is 2.00 bits per heavy atom. The lowest BCUT2D eigenvalue weighted by atomic mass is 10.00. The van der Waals surface area contributed by atoms with Gasteiger partial charge in [0.15, 0.2) is 0 Å². The number of hydrogen-bond acceptors (Lipinski definition) is 1. The Balaban J connectivity index is 2.01. The molecule has 0 spiro atoms. The fourth-order valence-electron chi connectivity index (χ4n) is 3.12. The number of halogens is 1. The summed E-state index contributed by atoms with van der Waals surface area (Å²) in [6.45, 7) is 4.47. The van der Waals surface area contributed by atoms with Crippen LogP contribution in [0.4, 0.5) is 4.39 Å². The number of rotatable bonds is 4. The molecule has 1 fully saturated rings. The molecule has 0 radical (unpaired) electrons. The maximum atomic E-state index is 13.9. The van der Waals surface area contributed by atoms with E-state index in [2.05, 4.69) is 19.2 Å². The van der Waals surface area contributed by atoms with Crippen LogP contribution in [0.2, 0.25) is 0 Å². The number of nitrogens with one attached hydrogen (secondary N) is 1. The highest BCUT2D eigenvalue weighted by Gasteiger charge is 2.20. The van der Waals surface area contributed by atoms with E-state index in [1.807, 2.05) is 12.1 Å². The number of benzene rings is 1. The molecule has 0 amide bonds. The molecule has 1 aliphatic rings. The highest BCUT2D eigenvalue weighted by molar-refractivity contribution is 5.21. The molecule has 1 aromatic rings. The Labute approximate surface area is 116 Å². The summed E-state index contributed by atoms with van der Waals surface area (Å²) in [5.41, 5.74) is 0.822. The average Bonchev–Trinajstić information content (AvgIpc) is 2.62. The second-order valence-electron chi connectivity index (χ2n) is 5.96. The summed E-state index contributed by atoms with van der Waals surface area (Å²) in [5.74, 6) is 0.768. The van der Waals surface area contributed by atoms with Crippen LogP contribution in [0.3, 0.4) is 0 Å². The molecule has 0 bridgehead atoms. The molecule has 1 aliphatic carbocycles. The summed E-state index contributed by atoms with van der Waals surface area (Å²) >= 11 is 0. The lowest BCUT2D eigenvalue weighted by molar-refractivity contribution is 0.380. The fraction of sp³-hybridized carbons (Fsp3) is 0.647. The molecule has 2 heteroatoms. The number of hydrogen-bond donors (Lipinski definition) is 1. The molecule has 0 aromatic heterocycles. The zero-order chi connectivity index (χ0) is 13.7. The highest BCUT2D eigenvalue weighted by atomic mass is 19.1. The van der Waals surface area contributed by atoms with Gasteiger partial charge in [0.2, 0.25) is 0 Å². The van der Waals surface area contributed by atoms with Gasteiger partial charge in [-0.25, -0.2) is 4.39 Å². The third-order valence-corrected chi connectivity index (χ3v) is 4.38. The monoisotopic (exact) mass is 263 g/mol. The maximum absolute atomic E-state index is 13.9. The summed E-state index contributed by atoms with van der Waals surface area (Å²) in [4.78, 5) is 0. The Kier molecular flexibility index (Phi) is 5.38. The Hall–Kier alpha value is -0.890. The lowest BCUT2D eigenvalue weighted by Gasteiger charge is -2.25. The summed E-state index contributed by atoms with van der Waals surface area (Å²) in [6, 6.07) is 7.87. The van der Waals surface area contributed by atoms with Crippen molar-refractivity contribution in [1.82, 2.24) is 5.32 Å². The third-order valence-electron chi connectivity index (χ3n) is 4.38. The van der Waals surface area contributed by atoms with Crippen molar-refractivity contribution in [3.63, 3.8) is 0 Å². The minimum Gasteiger partial charge on any atom is -0.307 e. The minimum atomic E-state index is -0.0798. The van der Waals surface area contributed by atoms with E-state index in [-0.39, 0.29) is 11.9 Å².